The van der Waals surface area contributed by atoms with Gasteiger partial charge in [-0.1, -0.05) is 6.07 Å². The summed E-state index contributed by atoms with van der Waals surface area (Å²) in [6, 6.07) is 10.00. The molecule has 7 heteroatoms. The zero-order valence-corrected chi connectivity index (χ0v) is 13.5. The molecule has 0 saturated carbocycles. The van der Waals surface area contributed by atoms with Crippen molar-refractivity contribution in [3.05, 3.63) is 54.6 Å². The van der Waals surface area contributed by atoms with Crippen LogP contribution in [-0.2, 0) is 9.47 Å². The molecule has 0 N–H and O–H groups in total. The molecule has 0 amide bonds. The van der Waals surface area contributed by atoms with Crippen LogP contribution in [0, 0.1) is 5.82 Å². The molecule has 1 aliphatic heterocycles. The third-order valence-electron chi connectivity index (χ3n) is 3.93. The van der Waals surface area contributed by atoms with Crippen LogP contribution in [0.2, 0.25) is 0 Å². The van der Waals surface area contributed by atoms with E-state index >= 15 is 0 Å². The van der Waals surface area contributed by atoms with Crippen LogP contribution in [0.1, 0.15) is 6.42 Å². The number of anilines is 2. The molecule has 1 aromatic carbocycles. The second-order valence-electron chi connectivity index (χ2n) is 5.69. The quantitative estimate of drug-likeness (QED) is 0.727. The average molecular weight is 340 g/mol. The first-order chi connectivity index (χ1) is 12.3. The van der Waals surface area contributed by atoms with E-state index < -0.39 is 6.29 Å². The van der Waals surface area contributed by atoms with E-state index in [0.29, 0.717) is 36.9 Å². The van der Waals surface area contributed by atoms with E-state index in [0.717, 1.165) is 11.9 Å². The Kier molecular flexibility index (Phi) is 4.49. The lowest BCUT2D eigenvalue weighted by Crippen LogP contribution is -2.36. The molecule has 128 valence electrons. The van der Waals surface area contributed by atoms with Crippen LogP contribution in [0.25, 0.3) is 11.0 Å². The van der Waals surface area contributed by atoms with Gasteiger partial charge >= 0.3 is 0 Å². The van der Waals surface area contributed by atoms with Crippen molar-refractivity contribution in [1.82, 2.24) is 15.0 Å². The first-order valence-corrected chi connectivity index (χ1v) is 8.14. The highest BCUT2D eigenvalue weighted by molar-refractivity contribution is 5.74. The Hall–Kier alpha value is -2.64. The number of ether oxygens (including phenoxy) is 2. The van der Waals surface area contributed by atoms with E-state index in [-0.39, 0.29) is 5.82 Å². The summed E-state index contributed by atoms with van der Waals surface area (Å²) in [7, 11) is 0. The summed E-state index contributed by atoms with van der Waals surface area (Å²) in [4.78, 5) is 15.0. The topological polar surface area (TPSA) is 60.4 Å². The van der Waals surface area contributed by atoms with Gasteiger partial charge in [-0.25, -0.2) is 14.4 Å². The first kappa shape index (κ1) is 15.9. The van der Waals surface area contributed by atoms with Crippen LogP contribution in [0.4, 0.5) is 16.0 Å². The standard InChI is InChI=1S/C18H17FN4O2/c19-13-4-1-5-14(10-13)23(12-17-24-8-3-9-25-17)18-21-11-16-15(22-18)6-2-7-20-16/h1-2,4-7,10-11,17H,3,8-9,12H2. The van der Waals surface area contributed by atoms with Gasteiger partial charge in [0, 0.05) is 11.9 Å². The van der Waals surface area contributed by atoms with Crippen LogP contribution in [-0.4, -0.2) is 41.0 Å². The van der Waals surface area contributed by atoms with Crippen LogP contribution in [0.3, 0.4) is 0 Å². The SMILES string of the molecule is Fc1cccc(N(CC2OCCCO2)c2ncc3ncccc3n2)c1. The van der Waals surface area contributed by atoms with Gasteiger partial charge in [-0.3, -0.25) is 4.98 Å². The summed E-state index contributed by atoms with van der Waals surface area (Å²) in [6.07, 6.45) is 3.81. The van der Waals surface area contributed by atoms with Crippen molar-refractivity contribution in [3.63, 3.8) is 0 Å². The predicted octanol–water partition coefficient (Wildman–Crippen LogP) is 3.07. The molecule has 0 unspecified atom stereocenters. The molecule has 25 heavy (non-hydrogen) atoms. The maximum atomic E-state index is 13.7. The fourth-order valence-corrected chi connectivity index (χ4v) is 2.73. The monoisotopic (exact) mass is 340 g/mol. The lowest BCUT2D eigenvalue weighted by molar-refractivity contribution is -0.171. The fourth-order valence-electron chi connectivity index (χ4n) is 2.73. The third kappa shape index (κ3) is 3.57. The molecule has 3 aromatic rings. The van der Waals surface area contributed by atoms with Gasteiger partial charge in [-0.05, 0) is 36.8 Å². The molecule has 2 aromatic heterocycles. The predicted molar refractivity (Wildman–Crippen MR) is 91.0 cm³/mol. The van der Waals surface area contributed by atoms with Gasteiger partial charge in [0.25, 0.3) is 0 Å². The molecule has 0 bridgehead atoms. The zero-order valence-electron chi connectivity index (χ0n) is 13.5. The van der Waals surface area contributed by atoms with Crippen molar-refractivity contribution < 1.29 is 13.9 Å². The summed E-state index contributed by atoms with van der Waals surface area (Å²) >= 11 is 0. The van der Waals surface area contributed by atoms with Gasteiger partial charge in [0.05, 0.1) is 31.5 Å². The van der Waals surface area contributed by atoms with Crippen LogP contribution >= 0.6 is 0 Å². The van der Waals surface area contributed by atoms with Crippen molar-refractivity contribution in [2.24, 2.45) is 0 Å². The Labute approximate surface area is 144 Å². The number of hydrogen-bond acceptors (Lipinski definition) is 6. The minimum atomic E-state index is -0.412. The van der Waals surface area contributed by atoms with Crippen LogP contribution in [0.5, 0.6) is 0 Å². The Balaban J connectivity index is 1.72. The number of halogens is 1. The van der Waals surface area contributed by atoms with Crippen molar-refractivity contribution in [2.45, 2.75) is 12.7 Å². The van der Waals surface area contributed by atoms with E-state index in [2.05, 4.69) is 15.0 Å². The lowest BCUT2D eigenvalue weighted by atomic mass is 10.2. The molecular weight excluding hydrogens is 323 g/mol. The average Bonchev–Trinajstić information content (AvgIpc) is 2.66. The molecule has 1 aliphatic rings. The van der Waals surface area contributed by atoms with E-state index in [1.54, 1.807) is 23.4 Å². The Bertz CT molecular complexity index is 870. The maximum Gasteiger partial charge on any atom is 0.230 e. The van der Waals surface area contributed by atoms with Gasteiger partial charge in [0.2, 0.25) is 5.95 Å². The summed E-state index contributed by atoms with van der Waals surface area (Å²) in [5.74, 6) is 0.124. The lowest BCUT2D eigenvalue weighted by Gasteiger charge is -2.30. The minimum Gasteiger partial charge on any atom is -0.351 e. The largest absolute Gasteiger partial charge is 0.351 e. The van der Waals surface area contributed by atoms with Gasteiger partial charge < -0.3 is 14.4 Å². The molecule has 0 spiro atoms. The number of hydrogen-bond donors (Lipinski definition) is 0. The normalized spacial score (nSPS) is 15.4. The zero-order chi connectivity index (χ0) is 17.1. The summed E-state index contributed by atoms with van der Waals surface area (Å²) in [5, 5.41) is 0. The summed E-state index contributed by atoms with van der Waals surface area (Å²) < 4.78 is 25.0. The molecule has 4 rings (SSSR count). The van der Waals surface area contributed by atoms with Crippen LogP contribution in [0.15, 0.2) is 48.8 Å². The number of fused-ring (bicyclic) bond motifs is 1. The molecule has 1 fully saturated rings. The number of rotatable bonds is 4. The van der Waals surface area contributed by atoms with Crippen molar-refractivity contribution in [3.8, 4) is 0 Å². The highest BCUT2D eigenvalue weighted by Crippen LogP contribution is 2.25. The van der Waals surface area contributed by atoms with Crippen molar-refractivity contribution >= 4 is 22.7 Å². The number of nitrogens with zero attached hydrogens (tertiary/aromatic N) is 4. The van der Waals surface area contributed by atoms with E-state index in [1.165, 1.54) is 12.1 Å². The summed E-state index contributed by atoms with van der Waals surface area (Å²) in [5.41, 5.74) is 2.07. The number of benzene rings is 1. The second kappa shape index (κ2) is 7.08. The second-order valence-corrected chi connectivity index (χ2v) is 5.69. The molecule has 3 heterocycles. The molecule has 1 saturated heterocycles. The first-order valence-electron chi connectivity index (χ1n) is 8.14. The molecule has 0 radical (unpaired) electrons. The Morgan fingerprint density at radius 1 is 1.08 bits per heavy atom. The number of pyridine rings is 1. The molecule has 6 nitrogen and oxygen atoms in total. The highest BCUT2D eigenvalue weighted by Gasteiger charge is 2.22. The maximum absolute atomic E-state index is 13.7. The Morgan fingerprint density at radius 3 is 2.80 bits per heavy atom. The minimum absolute atomic E-state index is 0.324. The van der Waals surface area contributed by atoms with E-state index in [4.69, 9.17) is 9.47 Å². The van der Waals surface area contributed by atoms with E-state index in [9.17, 15) is 4.39 Å². The number of aromatic nitrogens is 3. The molecule has 0 atom stereocenters. The van der Waals surface area contributed by atoms with Crippen LogP contribution < -0.4 is 4.90 Å². The van der Waals surface area contributed by atoms with Crippen molar-refractivity contribution in [2.75, 3.05) is 24.7 Å². The van der Waals surface area contributed by atoms with Gasteiger partial charge in [-0.15, -0.1) is 0 Å². The smallest absolute Gasteiger partial charge is 0.230 e. The van der Waals surface area contributed by atoms with Gasteiger partial charge in [-0.2, -0.15) is 0 Å². The van der Waals surface area contributed by atoms with Crippen molar-refractivity contribution in [1.29, 1.82) is 0 Å². The van der Waals surface area contributed by atoms with E-state index in [1.807, 2.05) is 18.2 Å². The summed E-state index contributed by atoms with van der Waals surface area (Å²) in [6.45, 7) is 1.66. The van der Waals surface area contributed by atoms with Gasteiger partial charge in [0.1, 0.15) is 11.3 Å². The third-order valence-corrected chi connectivity index (χ3v) is 3.93. The molecular formula is C18H17FN4O2. The van der Waals surface area contributed by atoms with Gasteiger partial charge in [0.15, 0.2) is 6.29 Å². The fraction of sp³-hybridized carbons (Fsp3) is 0.278. The Morgan fingerprint density at radius 2 is 1.96 bits per heavy atom. The highest BCUT2D eigenvalue weighted by atomic mass is 19.1. The molecule has 0 aliphatic carbocycles.